The van der Waals surface area contributed by atoms with E-state index in [2.05, 4.69) is 28.2 Å². The van der Waals surface area contributed by atoms with Gasteiger partial charge in [0, 0.05) is 5.02 Å². The lowest BCUT2D eigenvalue weighted by atomic mass is 10.4. The Morgan fingerprint density at radius 3 is 1.82 bits per heavy atom. The predicted molar refractivity (Wildman–Crippen MR) is 68.4 cm³/mol. The molecule has 98 valence electrons. The van der Waals surface area contributed by atoms with Gasteiger partial charge in [-0.25, -0.2) is 8.42 Å². The van der Waals surface area contributed by atoms with Crippen LogP contribution in [-0.4, -0.2) is 45.6 Å². The molecule has 0 bridgehead atoms. The van der Waals surface area contributed by atoms with Gasteiger partial charge in [0.25, 0.3) is 0 Å². The first-order valence-electron chi connectivity index (χ1n) is 4.61. The molecular formula is C10H15Cl2NO3S. The van der Waals surface area contributed by atoms with Crippen LogP contribution in [0.25, 0.3) is 0 Å². The molecule has 17 heavy (non-hydrogen) atoms. The SMILES string of the molecule is C[N+](C)(C)C.O=S(=O)([O-])c1ccc(Cl)cc1Cl. The molecule has 0 aliphatic carbocycles. The molecule has 0 heterocycles. The minimum absolute atomic E-state index is 0.155. The van der Waals surface area contributed by atoms with Crippen molar-refractivity contribution in [1.29, 1.82) is 0 Å². The summed E-state index contributed by atoms with van der Waals surface area (Å²) in [6, 6.07) is 3.57. The van der Waals surface area contributed by atoms with Crippen LogP contribution in [0.3, 0.4) is 0 Å². The van der Waals surface area contributed by atoms with E-state index in [1.54, 1.807) is 0 Å². The third kappa shape index (κ3) is 8.40. The molecule has 7 heteroatoms. The van der Waals surface area contributed by atoms with Crippen molar-refractivity contribution in [2.75, 3.05) is 28.2 Å². The summed E-state index contributed by atoms with van der Waals surface area (Å²) in [5.41, 5.74) is 0. The third-order valence-corrected chi connectivity index (χ3v) is 2.72. The molecular weight excluding hydrogens is 285 g/mol. The highest BCUT2D eigenvalue weighted by molar-refractivity contribution is 7.85. The van der Waals surface area contributed by atoms with Gasteiger partial charge in [0.1, 0.15) is 10.1 Å². The Morgan fingerprint density at radius 2 is 1.53 bits per heavy atom. The molecule has 1 aromatic rings. The van der Waals surface area contributed by atoms with E-state index < -0.39 is 15.0 Å². The van der Waals surface area contributed by atoms with E-state index in [-0.39, 0.29) is 10.0 Å². The summed E-state index contributed by atoms with van der Waals surface area (Å²) in [5.74, 6) is 0. The Morgan fingerprint density at radius 1 is 1.12 bits per heavy atom. The molecule has 0 saturated carbocycles. The summed E-state index contributed by atoms with van der Waals surface area (Å²) in [4.78, 5) is -0.450. The molecule has 0 unspecified atom stereocenters. The average Bonchev–Trinajstić information content (AvgIpc) is 1.96. The Bertz CT molecular complexity index is 475. The van der Waals surface area contributed by atoms with E-state index in [1.807, 2.05) is 0 Å². The maximum atomic E-state index is 10.5. The molecule has 0 atom stereocenters. The monoisotopic (exact) mass is 299 g/mol. The largest absolute Gasteiger partial charge is 0.744 e. The summed E-state index contributed by atoms with van der Waals surface area (Å²) < 4.78 is 32.4. The third-order valence-electron chi connectivity index (χ3n) is 1.16. The Hall–Kier alpha value is -0.330. The van der Waals surface area contributed by atoms with E-state index in [1.165, 1.54) is 12.1 Å². The van der Waals surface area contributed by atoms with Gasteiger partial charge in [0.15, 0.2) is 0 Å². The van der Waals surface area contributed by atoms with Crippen LogP contribution in [0.2, 0.25) is 10.0 Å². The first kappa shape index (κ1) is 16.7. The van der Waals surface area contributed by atoms with Crippen LogP contribution in [0.5, 0.6) is 0 Å². The van der Waals surface area contributed by atoms with Crippen LogP contribution in [0.1, 0.15) is 0 Å². The molecule has 0 fully saturated rings. The van der Waals surface area contributed by atoms with Crippen molar-refractivity contribution in [3.63, 3.8) is 0 Å². The second-order valence-corrected chi connectivity index (χ2v) is 6.90. The standard InChI is InChI=1S/C6H4Cl2O3S.C4H12N/c7-4-1-2-6(5(8)3-4)12(9,10)11;1-5(2,3)4/h1-3H,(H,9,10,11);1-4H3/q;+1/p-1. The van der Waals surface area contributed by atoms with Gasteiger partial charge in [-0.15, -0.1) is 0 Å². The molecule has 0 aromatic heterocycles. The van der Waals surface area contributed by atoms with Gasteiger partial charge in [0.05, 0.1) is 38.1 Å². The molecule has 4 nitrogen and oxygen atoms in total. The van der Waals surface area contributed by atoms with Crippen LogP contribution in [-0.2, 0) is 10.1 Å². The first-order chi connectivity index (χ1) is 7.41. The van der Waals surface area contributed by atoms with Crippen molar-refractivity contribution in [2.45, 2.75) is 4.90 Å². The molecule has 0 N–H and O–H groups in total. The fourth-order valence-electron chi connectivity index (χ4n) is 0.678. The van der Waals surface area contributed by atoms with Crippen LogP contribution in [0.15, 0.2) is 23.1 Å². The fourth-order valence-corrected chi connectivity index (χ4v) is 1.90. The zero-order chi connectivity index (χ0) is 13.9. The van der Waals surface area contributed by atoms with Crippen molar-refractivity contribution < 1.29 is 17.5 Å². The summed E-state index contributed by atoms with van der Waals surface area (Å²) >= 11 is 10.9. The second kappa shape index (κ2) is 6.02. The summed E-state index contributed by atoms with van der Waals surface area (Å²) in [6.45, 7) is 0. The van der Waals surface area contributed by atoms with Crippen molar-refractivity contribution >= 4 is 33.3 Å². The zero-order valence-electron chi connectivity index (χ0n) is 10.1. The normalized spacial score (nSPS) is 11.7. The van der Waals surface area contributed by atoms with Crippen molar-refractivity contribution in [2.24, 2.45) is 0 Å². The minimum Gasteiger partial charge on any atom is -0.744 e. The summed E-state index contributed by atoms with van der Waals surface area (Å²) in [7, 11) is 4.01. The highest BCUT2D eigenvalue weighted by Crippen LogP contribution is 2.24. The number of quaternary nitrogens is 1. The molecule has 0 aliphatic rings. The van der Waals surface area contributed by atoms with Gasteiger partial charge in [-0.2, -0.15) is 0 Å². The van der Waals surface area contributed by atoms with Crippen molar-refractivity contribution in [1.82, 2.24) is 0 Å². The van der Waals surface area contributed by atoms with Crippen LogP contribution in [0, 0.1) is 0 Å². The maximum Gasteiger partial charge on any atom is 0.125 e. The smallest absolute Gasteiger partial charge is 0.125 e. The van der Waals surface area contributed by atoms with E-state index in [4.69, 9.17) is 23.2 Å². The van der Waals surface area contributed by atoms with Gasteiger partial charge in [-0.05, 0) is 18.2 Å². The first-order valence-corrected chi connectivity index (χ1v) is 6.77. The number of hydrogen-bond acceptors (Lipinski definition) is 3. The highest BCUT2D eigenvalue weighted by Gasteiger charge is 2.06. The van der Waals surface area contributed by atoms with Gasteiger partial charge in [-0.3, -0.25) is 0 Å². The van der Waals surface area contributed by atoms with Crippen molar-refractivity contribution in [3.05, 3.63) is 28.2 Å². The fraction of sp³-hybridized carbons (Fsp3) is 0.400. The Balaban J connectivity index is 0.000000437. The quantitative estimate of drug-likeness (QED) is 0.590. The number of rotatable bonds is 1. The van der Waals surface area contributed by atoms with E-state index in [0.29, 0.717) is 0 Å². The molecule has 0 radical (unpaired) electrons. The number of benzene rings is 1. The molecule has 0 saturated heterocycles. The lowest BCUT2D eigenvalue weighted by Gasteiger charge is -2.14. The summed E-state index contributed by atoms with van der Waals surface area (Å²) in [6.07, 6.45) is 0. The number of halogens is 2. The van der Waals surface area contributed by atoms with Gasteiger partial charge in [0.2, 0.25) is 0 Å². The van der Waals surface area contributed by atoms with Gasteiger partial charge < -0.3 is 9.04 Å². The Kier molecular flexibility index (Phi) is 5.90. The minimum atomic E-state index is -4.49. The lowest BCUT2D eigenvalue weighted by Crippen LogP contribution is -2.27. The summed E-state index contributed by atoms with van der Waals surface area (Å²) in [5, 5.41) is 0.130. The van der Waals surface area contributed by atoms with Crippen LogP contribution in [0.4, 0.5) is 0 Å². The van der Waals surface area contributed by atoms with E-state index in [0.717, 1.165) is 10.5 Å². The molecule has 0 aliphatic heterocycles. The van der Waals surface area contributed by atoms with Crippen LogP contribution >= 0.6 is 23.2 Å². The lowest BCUT2D eigenvalue weighted by molar-refractivity contribution is -0.849. The molecule has 0 amide bonds. The van der Waals surface area contributed by atoms with Gasteiger partial charge in [-0.1, -0.05) is 23.2 Å². The van der Waals surface area contributed by atoms with Crippen molar-refractivity contribution in [3.8, 4) is 0 Å². The van der Waals surface area contributed by atoms with Crippen LogP contribution < -0.4 is 0 Å². The average molecular weight is 300 g/mol. The maximum absolute atomic E-state index is 10.5. The van der Waals surface area contributed by atoms with E-state index in [9.17, 15) is 13.0 Å². The highest BCUT2D eigenvalue weighted by atomic mass is 35.5. The van der Waals surface area contributed by atoms with E-state index >= 15 is 0 Å². The topological polar surface area (TPSA) is 57.2 Å². The molecule has 1 aromatic carbocycles. The Labute approximate surface area is 112 Å². The predicted octanol–water partition coefficient (Wildman–Crippen LogP) is 2.22. The number of nitrogens with zero attached hydrogens (tertiary/aromatic N) is 1. The molecule has 1 rings (SSSR count). The zero-order valence-corrected chi connectivity index (χ0v) is 12.4. The number of hydrogen-bond donors (Lipinski definition) is 0. The molecule has 0 spiro atoms. The van der Waals surface area contributed by atoms with Gasteiger partial charge >= 0.3 is 0 Å². The second-order valence-electron chi connectivity index (χ2n) is 4.71.